The third-order valence-electron chi connectivity index (χ3n) is 3.05. The minimum absolute atomic E-state index is 0.0621. The first-order valence-corrected chi connectivity index (χ1v) is 7.21. The number of halogens is 1. The van der Waals surface area contributed by atoms with Crippen molar-refractivity contribution in [1.29, 1.82) is 0 Å². The van der Waals surface area contributed by atoms with E-state index in [1.807, 2.05) is 0 Å². The standard InChI is InChI=1S/C15H13ClN2O6/c1-9(14(19)17-8-11-3-2-6-23-11)24-15(20)12-5-4-10(18(21)22)7-13(12)16/h2-7,9H,8H2,1H3,(H,17,19)/t9-/m0/s1. The van der Waals surface area contributed by atoms with Crippen LogP contribution in [0.3, 0.4) is 0 Å². The summed E-state index contributed by atoms with van der Waals surface area (Å²) in [7, 11) is 0. The van der Waals surface area contributed by atoms with Crippen molar-refractivity contribution in [1.82, 2.24) is 5.32 Å². The lowest BCUT2D eigenvalue weighted by Crippen LogP contribution is -2.35. The van der Waals surface area contributed by atoms with Crippen molar-refractivity contribution in [2.45, 2.75) is 19.6 Å². The highest BCUT2D eigenvalue weighted by molar-refractivity contribution is 6.33. The minimum atomic E-state index is -1.07. The van der Waals surface area contributed by atoms with E-state index in [0.717, 1.165) is 12.1 Å². The van der Waals surface area contributed by atoms with Gasteiger partial charge in [0.05, 0.1) is 28.3 Å². The molecule has 0 saturated carbocycles. The van der Waals surface area contributed by atoms with Gasteiger partial charge < -0.3 is 14.5 Å². The van der Waals surface area contributed by atoms with Crippen LogP contribution in [-0.4, -0.2) is 22.9 Å². The van der Waals surface area contributed by atoms with E-state index in [1.165, 1.54) is 19.3 Å². The zero-order valence-electron chi connectivity index (χ0n) is 12.5. The first-order chi connectivity index (χ1) is 11.4. The van der Waals surface area contributed by atoms with Crippen molar-refractivity contribution in [3.05, 3.63) is 63.1 Å². The molecular weight excluding hydrogens is 340 g/mol. The number of nitro groups is 1. The van der Waals surface area contributed by atoms with Crippen molar-refractivity contribution in [2.24, 2.45) is 0 Å². The summed E-state index contributed by atoms with van der Waals surface area (Å²) < 4.78 is 10.1. The molecule has 9 heteroatoms. The van der Waals surface area contributed by atoms with Gasteiger partial charge in [-0.15, -0.1) is 0 Å². The second kappa shape index (κ2) is 7.60. The monoisotopic (exact) mass is 352 g/mol. The molecule has 0 aliphatic carbocycles. The van der Waals surface area contributed by atoms with Gasteiger partial charge in [0.2, 0.25) is 0 Å². The number of nitrogens with one attached hydrogen (secondary N) is 1. The van der Waals surface area contributed by atoms with Crippen LogP contribution < -0.4 is 5.32 Å². The molecule has 2 aromatic rings. The maximum Gasteiger partial charge on any atom is 0.340 e. The van der Waals surface area contributed by atoms with Crippen molar-refractivity contribution in [3.63, 3.8) is 0 Å². The van der Waals surface area contributed by atoms with E-state index >= 15 is 0 Å². The number of furan rings is 1. The lowest BCUT2D eigenvalue weighted by atomic mass is 10.2. The van der Waals surface area contributed by atoms with E-state index in [2.05, 4.69) is 5.32 Å². The molecular formula is C15H13ClN2O6. The highest BCUT2D eigenvalue weighted by Gasteiger charge is 2.22. The summed E-state index contributed by atoms with van der Waals surface area (Å²) in [6, 6.07) is 6.72. The molecule has 0 unspecified atom stereocenters. The van der Waals surface area contributed by atoms with Crippen LogP contribution in [0.25, 0.3) is 0 Å². The normalized spacial score (nSPS) is 11.6. The molecule has 2 rings (SSSR count). The predicted molar refractivity (Wildman–Crippen MR) is 83.5 cm³/mol. The van der Waals surface area contributed by atoms with Crippen molar-refractivity contribution in [3.8, 4) is 0 Å². The first kappa shape index (κ1) is 17.5. The first-order valence-electron chi connectivity index (χ1n) is 6.83. The number of carbonyl (C=O) groups excluding carboxylic acids is 2. The fourth-order valence-corrected chi connectivity index (χ4v) is 2.04. The number of benzene rings is 1. The summed E-state index contributed by atoms with van der Waals surface area (Å²) in [5.74, 6) is -0.811. The Kier molecular flexibility index (Phi) is 5.54. The van der Waals surface area contributed by atoms with Gasteiger partial charge >= 0.3 is 5.97 Å². The van der Waals surface area contributed by atoms with E-state index in [1.54, 1.807) is 12.1 Å². The number of ether oxygens (including phenoxy) is 1. The van der Waals surface area contributed by atoms with Gasteiger partial charge in [0.25, 0.3) is 11.6 Å². The maximum atomic E-state index is 12.0. The number of carbonyl (C=O) groups is 2. The zero-order chi connectivity index (χ0) is 17.7. The third kappa shape index (κ3) is 4.32. The van der Waals surface area contributed by atoms with Gasteiger partial charge in [0, 0.05) is 12.1 Å². The van der Waals surface area contributed by atoms with Gasteiger partial charge in [-0.3, -0.25) is 14.9 Å². The van der Waals surface area contributed by atoms with E-state index in [0.29, 0.717) is 5.76 Å². The maximum absolute atomic E-state index is 12.0. The largest absolute Gasteiger partial charge is 0.467 e. The van der Waals surface area contributed by atoms with Crippen LogP contribution in [0.5, 0.6) is 0 Å². The van der Waals surface area contributed by atoms with E-state index in [-0.39, 0.29) is 22.8 Å². The topological polar surface area (TPSA) is 112 Å². The molecule has 0 radical (unpaired) electrons. The fourth-order valence-electron chi connectivity index (χ4n) is 1.79. The Bertz CT molecular complexity index is 759. The lowest BCUT2D eigenvalue weighted by Gasteiger charge is -2.13. The molecule has 1 aromatic heterocycles. The number of nitrogens with zero attached hydrogens (tertiary/aromatic N) is 1. The molecule has 0 spiro atoms. The van der Waals surface area contributed by atoms with Gasteiger partial charge in [-0.2, -0.15) is 0 Å². The SMILES string of the molecule is C[C@H](OC(=O)c1ccc([N+](=O)[O-])cc1Cl)C(=O)NCc1ccco1. The van der Waals surface area contributed by atoms with Crippen LogP contribution in [0.4, 0.5) is 5.69 Å². The zero-order valence-corrected chi connectivity index (χ0v) is 13.3. The quantitative estimate of drug-likeness (QED) is 0.486. The van der Waals surface area contributed by atoms with Crippen molar-refractivity contribution in [2.75, 3.05) is 0 Å². The Labute approximate surface area is 141 Å². The Hall–Kier alpha value is -2.87. The second-order valence-electron chi connectivity index (χ2n) is 4.77. The summed E-state index contributed by atoms with van der Waals surface area (Å²) >= 11 is 5.84. The molecule has 126 valence electrons. The number of amides is 1. The molecule has 1 aromatic carbocycles. The molecule has 1 N–H and O–H groups in total. The molecule has 0 aliphatic rings. The van der Waals surface area contributed by atoms with Crippen LogP contribution in [-0.2, 0) is 16.1 Å². The van der Waals surface area contributed by atoms with Gasteiger partial charge in [0.1, 0.15) is 5.76 Å². The summed E-state index contributed by atoms with van der Waals surface area (Å²) in [6.07, 6.45) is 0.403. The molecule has 0 aliphatic heterocycles. The Morgan fingerprint density at radius 3 is 2.75 bits per heavy atom. The van der Waals surface area contributed by atoms with E-state index < -0.39 is 22.9 Å². The molecule has 0 saturated heterocycles. The number of hydrogen-bond acceptors (Lipinski definition) is 6. The lowest BCUT2D eigenvalue weighted by molar-refractivity contribution is -0.384. The molecule has 24 heavy (non-hydrogen) atoms. The van der Waals surface area contributed by atoms with Crippen LogP contribution in [0.15, 0.2) is 41.0 Å². The smallest absolute Gasteiger partial charge is 0.340 e. The predicted octanol–water partition coefficient (Wildman–Crippen LogP) is 2.70. The second-order valence-corrected chi connectivity index (χ2v) is 5.17. The highest BCUT2D eigenvalue weighted by atomic mass is 35.5. The highest BCUT2D eigenvalue weighted by Crippen LogP contribution is 2.23. The number of esters is 1. The Balaban J connectivity index is 1.95. The Morgan fingerprint density at radius 1 is 1.42 bits per heavy atom. The van der Waals surface area contributed by atoms with Crippen LogP contribution >= 0.6 is 11.6 Å². The van der Waals surface area contributed by atoms with Crippen molar-refractivity contribution >= 4 is 29.2 Å². The number of non-ortho nitro benzene ring substituents is 1. The fraction of sp³-hybridized carbons (Fsp3) is 0.200. The molecule has 8 nitrogen and oxygen atoms in total. The summed E-state index contributed by atoms with van der Waals surface area (Å²) in [5.41, 5.74) is -0.311. The van der Waals surface area contributed by atoms with Gasteiger partial charge in [-0.25, -0.2) is 4.79 Å². The van der Waals surface area contributed by atoms with Crippen molar-refractivity contribution < 1.29 is 23.7 Å². The average molecular weight is 353 g/mol. The number of rotatable bonds is 6. The Morgan fingerprint density at radius 2 is 2.17 bits per heavy atom. The van der Waals surface area contributed by atoms with E-state index in [4.69, 9.17) is 20.8 Å². The van der Waals surface area contributed by atoms with Crippen LogP contribution in [0.2, 0.25) is 5.02 Å². The number of nitro benzene ring substituents is 1. The van der Waals surface area contributed by atoms with Gasteiger partial charge in [-0.1, -0.05) is 11.6 Å². The molecule has 1 amide bonds. The minimum Gasteiger partial charge on any atom is -0.467 e. The van der Waals surface area contributed by atoms with Gasteiger partial charge in [0.15, 0.2) is 6.10 Å². The van der Waals surface area contributed by atoms with Crippen LogP contribution in [0.1, 0.15) is 23.0 Å². The molecule has 1 atom stereocenters. The summed E-state index contributed by atoms with van der Waals surface area (Å²) in [5, 5.41) is 13.1. The van der Waals surface area contributed by atoms with Crippen LogP contribution in [0, 0.1) is 10.1 Å². The third-order valence-corrected chi connectivity index (χ3v) is 3.37. The molecule has 0 bridgehead atoms. The summed E-state index contributed by atoms with van der Waals surface area (Å²) in [6.45, 7) is 1.56. The molecule has 0 fully saturated rings. The average Bonchev–Trinajstić information content (AvgIpc) is 3.05. The molecule has 1 heterocycles. The summed E-state index contributed by atoms with van der Waals surface area (Å²) in [4.78, 5) is 33.9. The van der Waals surface area contributed by atoms with Gasteiger partial charge in [-0.05, 0) is 25.1 Å². The number of hydrogen-bond donors (Lipinski definition) is 1. The van der Waals surface area contributed by atoms with E-state index in [9.17, 15) is 19.7 Å².